The first-order valence-electron chi connectivity index (χ1n) is 6.85. The zero-order chi connectivity index (χ0) is 14.8. The fourth-order valence-electron chi connectivity index (χ4n) is 2.12. The van der Waals surface area contributed by atoms with E-state index in [9.17, 15) is 0 Å². The highest BCUT2D eigenvalue weighted by Gasteiger charge is 2.20. The van der Waals surface area contributed by atoms with Crippen molar-refractivity contribution in [3.63, 3.8) is 0 Å². The molecule has 1 aromatic carbocycles. The van der Waals surface area contributed by atoms with Crippen molar-refractivity contribution in [1.29, 1.82) is 0 Å². The van der Waals surface area contributed by atoms with Crippen LogP contribution >= 0.6 is 22.9 Å². The van der Waals surface area contributed by atoms with Crippen molar-refractivity contribution in [2.24, 2.45) is 0 Å². The summed E-state index contributed by atoms with van der Waals surface area (Å²) in [5, 5.41) is 1.86. The highest BCUT2D eigenvalue weighted by molar-refractivity contribution is 7.10. The van der Waals surface area contributed by atoms with Crippen molar-refractivity contribution < 1.29 is 4.74 Å². The van der Waals surface area contributed by atoms with Crippen LogP contribution < -0.4 is 4.74 Å². The highest BCUT2D eigenvalue weighted by Crippen LogP contribution is 2.39. The van der Waals surface area contributed by atoms with Gasteiger partial charge in [0, 0.05) is 0 Å². The topological polar surface area (TPSA) is 9.23 Å². The molecule has 1 atom stereocenters. The van der Waals surface area contributed by atoms with E-state index in [0.717, 1.165) is 22.6 Å². The van der Waals surface area contributed by atoms with E-state index in [-0.39, 0.29) is 10.8 Å². The number of methoxy groups -OCH3 is 1. The number of hydrogen-bond donors (Lipinski definition) is 0. The molecule has 2 rings (SSSR count). The molecule has 3 heteroatoms. The summed E-state index contributed by atoms with van der Waals surface area (Å²) in [5.41, 5.74) is 2.68. The number of halogens is 1. The maximum Gasteiger partial charge on any atom is 0.134 e. The predicted molar refractivity (Wildman–Crippen MR) is 88.3 cm³/mol. The standard InChI is InChI=1S/C17H21ClOS/c1-5-17(2,3)13-8-6-12(7-9-13)15(18)16-14(19-4)10-11-20-16/h6-11,15H,5H2,1-4H3. The van der Waals surface area contributed by atoms with Gasteiger partial charge in [-0.1, -0.05) is 45.0 Å². The molecular weight excluding hydrogens is 288 g/mol. The summed E-state index contributed by atoms with van der Waals surface area (Å²) in [7, 11) is 1.68. The minimum Gasteiger partial charge on any atom is -0.496 e. The Balaban J connectivity index is 2.26. The van der Waals surface area contributed by atoms with Crippen LogP contribution in [0.3, 0.4) is 0 Å². The number of rotatable bonds is 5. The predicted octanol–water partition coefficient (Wildman–Crippen LogP) is 5.77. The molecule has 0 aliphatic carbocycles. The van der Waals surface area contributed by atoms with Gasteiger partial charge in [-0.15, -0.1) is 22.9 Å². The molecule has 1 nitrogen and oxygen atoms in total. The van der Waals surface area contributed by atoms with E-state index < -0.39 is 0 Å². The summed E-state index contributed by atoms with van der Waals surface area (Å²) in [6.45, 7) is 6.75. The third-order valence-corrected chi connectivity index (χ3v) is 5.54. The van der Waals surface area contributed by atoms with E-state index in [4.69, 9.17) is 16.3 Å². The molecule has 0 fully saturated rings. The van der Waals surface area contributed by atoms with Crippen molar-refractivity contribution in [1.82, 2.24) is 0 Å². The zero-order valence-corrected chi connectivity index (χ0v) is 14.0. The summed E-state index contributed by atoms with van der Waals surface area (Å²) in [6, 6.07) is 10.6. The maximum atomic E-state index is 6.59. The molecule has 1 aromatic heterocycles. The lowest BCUT2D eigenvalue weighted by atomic mass is 9.82. The van der Waals surface area contributed by atoms with Crippen LogP contribution in [0.4, 0.5) is 0 Å². The third kappa shape index (κ3) is 3.02. The van der Waals surface area contributed by atoms with Gasteiger partial charge in [0.1, 0.15) is 5.75 Å². The number of benzene rings is 1. The first-order valence-corrected chi connectivity index (χ1v) is 8.17. The van der Waals surface area contributed by atoms with Gasteiger partial charge >= 0.3 is 0 Å². The SMILES string of the molecule is CCC(C)(C)c1ccc(C(Cl)c2sccc2OC)cc1. The molecule has 1 heterocycles. The smallest absolute Gasteiger partial charge is 0.134 e. The van der Waals surface area contributed by atoms with Crippen LogP contribution in [0, 0.1) is 0 Å². The summed E-state index contributed by atoms with van der Waals surface area (Å²) in [5.74, 6) is 0.868. The molecule has 0 radical (unpaired) electrons. The Morgan fingerprint density at radius 1 is 1.20 bits per heavy atom. The van der Waals surface area contributed by atoms with Gasteiger partial charge in [-0.25, -0.2) is 0 Å². The molecule has 0 saturated heterocycles. The summed E-state index contributed by atoms with van der Waals surface area (Å²) >= 11 is 8.22. The van der Waals surface area contributed by atoms with Gasteiger partial charge in [0.15, 0.2) is 0 Å². The molecule has 108 valence electrons. The molecule has 2 aromatic rings. The monoisotopic (exact) mass is 308 g/mol. The fraction of sp³-hybridized carbons (Fsp3) is 0.412. The minimum absolute atomic E-state index is 0.149. The second-order valence-corrected chi connectivity index (χ2v) is 6.96. The molecule has 1 unspecified atom stereocenters. The van der Waals surface area contributed by atoms with E-state index >= 15 is 0 Å². The van der Waals surface area contributed by atoms with Gasteiger partial charge in [-0.05, 0) is 34.4 Å². The second kappa shape index (κ2) is 6.19. The van der Waals surface area contributed by atoms with Gasteiger partial charge < -0.3 is 4.74 Å². The first-order chi connectivity index (χ1) is 9.49. The van der Waals surface area contributed by atoms with Gasteiger partial charge in [-0.2, -0.15) is 0 Å². The molecule has 0 amide bonds. The van der Waals surface area contributed by atoms with Crippen LogP contribution in [0.5, 0.6) is 5.75 Å². The molecule has 0 aliphatic heterocycles. The lowest BCUT2D eigenvalue weighted by Crippen LogP contribution is -2.15. The first kappa shape index (κ1) is 15.4. The summed E-state index contributed by atoms with van der Waals surface area (Å²) < 4.78 is 5.35. The largest absolute Gasteiger partial charge is 0.496 e. The van der Waals surface area contributed by atoms with Crippen LogP contribution in [-0.2, 0) is 5.41 Å². The van der Waals surface area contributed by atoms with Crippen molar-refractivity contribution in [3.05, 3.63) is 51.7 Å². The average molecular weight is 309 g/mol. The van der Waals surface area contributed by atoms with Crippen molar-refractivity contribution >= 4 is 22.9 Å². The number of thiophene rings is 1. The summed E-state index contributed by atoms with van der Waals surface area (Å²) in [4.78, 5) is 1.07. The van der Waals surface area contributed by atoms with E-state index in [2.05, 4.69) is 45.0 Å². The Hall–Kier alpha value is -0.990. The molecule has 0 aliphatic rings. The number of alkyl halides is 1. The van der Waals surface area contributed by atoms with Crippen LogP contribution in [-0.4, -0.2) is 7.11 Å². The lowest BCUT2D eigenvalue weighted by molar-refractivity contribution is 0.413. The van der Waals surface area contributed by atoms with Crippen LogP contribution in [0.25, 0.3) is 0 Å². The summed E-state index contributed by atoms with van der Waals surface area (Å²) in [6.07, 6.45) is 1.12. The van der Waals surface area contributed by atoms with Gasteiger partial charge in [0.25, 0.3) is 0 Å². The van der Waals surface area contributed by atoms with Gasteiger partial charge in [0.05, 0.1) is 17.4 Å². The maximum absolute atomic E-state index is 6.59. The number of ether oxygens (including phenoxy) is 1. The third-order valence-electron chi connectivity index (χ3n) is 3.98. The Labute approximate surface area is 130 Å². The van der Waals surface area contributed by atoms with E-state index in [1.807, 2.05) is 11.4 Å². The highest BCUT2D eigenvalue weighted by atomic mass is 35.5. The van der Waals surface area contributed by atoms with Gasteiger partial charge in [-0.3, -0.25) is 0 Å². The Kier molecular flexibility index (Phi) is 4.77. The Morgan fingerprint density at radius 3 is 2.40 bits per heavy atom. The average Bonchev–Trinajstić information content (AvgIpc) is 2.95. The van der Waals surface area contributed by atoms with Crippen LogP contribution in [0.1, 0.15) is 48.6 Å². The van der Waals surface area contributed by atoms with Crippen LogP contribution in [0.2, 0.25) is 0 Å². The van der Waals surface area contributed by atoms with Crippen molar-refractivity contribution in [3.8, 4) is 5.75 Å². The van der Waals surface area contributed by atoms with E-state index in [0.29, 0.717) is 0 Å². The number of hydrogen-bond acceptors (Lipinski definition) is 2. The zero-order valence-electron chi connectivity index (χ0n) is 12.4. The molecule has 0 N–H and O–H groups in total. The second-order valence-electron chi connectivity index (χ2n) is 5.58. The molecular formula is C17H21ClOS. The van der Waals surface area contributed by atoms with E-state index in [1.165, 1.54) is 5.56 Å². The Morgan fingerprint density at radius 2 is 1.85 bits per heavy atom. The normalized spacial score (nSPS) is 13.2. The quantitative estimate of drug-likeness (QED) is 0.637. The molecule has 0 saturated carbocycles. The van der Waals surface area contributed by atoms with Crippen LogP contribution in [0.15, 0.2) is 35.7 Å². The Bertz CT molecular complexity index is 557. The minimum atomic E-state index is -0.149. The molecule has 20 heavy (non-hydrogen) atoms. The molecule has 0 spiro atoms. The van der Waals surface area contributed by atoms with Crippen molar-refractivity contribution in [2.45, 2.75) is 38.0 Å². The molecule has 0 bridgehead atoms. The fourth-order valence-corrected chi connectivity index (χ4v) is 3.39. The lowest BCUT2D eigenvalue weighted by Gasteiger charge is -2.23. The van der Waals surface area contributed by atoms with Crippen molar-refractivity contribution in [2.75, 3.05) is 7.11 Å². The van der Waals surface area contributed by atoms with Gasteiger partial charge in [0.2, 0.25) is 0 Å². The van der Waals surface area contributed by atoms with E-state index in [1.54, 1.807) is 18.4 Å².